The first-order valence-electron chi connectivity index (χ1n) is 9.38. The van der Waals surface area contributed by atoms with Crippen molar-refractivity contribution in [3.05, 3.63) is 70.2 Å². The Balaban J connectivity index is 1.66. The Bertz CT molecular complexity index is 1040. The molecule has 1 saturated carbocycles. The number of aliphatic hydroxyl groups excluding tert-OH is 1. The molecular weight excluding hydrogens is 356 g/mol. The molecule has 5 heteroatoms. The van der Waals surface area contributed by atoms with Gasteiger partial charge in [0.1, 0.15) is 0 Å². The number of aromatic nitrogens is 1. The molecule has 0 saturated heterocycles. The smallest absolute Gasteiger partial charge is 0.290 e. The average molecular weight is 376 g/mol. The first-order chi connectivity index (χ1) is 13.2. The van der Waals surface area contributed by atoms with Gasteiger partial charge in [-0.05, 0) is 47.4 Å². The van der Waals surface area contributed by atoms with Crippen LogP contribution in [0.2, 0.25) is 0 Å². The molecule has 1 aromatic carbocycles. The monoisotopic (exact) mass is 376 g/mol. The van der Waals surface area contributed by atoms with Crippen LogP contribution in [0.15, 0.2) is 59.0 Å². The summed E-state index contributed by atoms with van der Waals surface area (Å²) >= 11 is 1.61. The summed E-state index contributed by atoms with van der Waals surface area (Å²) in [5, 5.41) is 16.0. The molecule has 0 bridgehead atoms. The van der Waals surface area contributed by atoms with Crippen LogP contribution in [-0.4, -0.2) is 26.9 Å². The summed E-state index contributed by atoms with van der Waals surface area (Å²) in [6.07, 6.45) is 4.26. The zero-order valence-electron chi connectivity index (χ0n) is 14.8. The highest BCUT2D eigenvalue weighted by atomic mass is 32.1. The molecule has 3 heterocycles. The topological polar surface area (TPSA) is 53.4 Å². The van der Waals surface area contributed by atoms with Crippen LogP contribution in [0.3, 0.4) is 0 Å². The van der Waals surface area contributed by atoms with Crippen LogP contribution < -0.4 is 0 Å². The molecule has 2 aromatic heterocycles. The Labute approximate surface area is 161 Å². The first kappa shape index (κ1) is 16.5. The number of thiophene rings is 1. The minimum Gasteiger partial charge on any atom is -0.503 e. The Morgan fingerprint density at radius 2 is 1.89 bits per heavy atom. The van der Waals surface area contributed by atoms with E-state index in [1.807, 2.05) is 52.7 Å². The van der Waals surface area contributed by atoms with Gasteiger partial charge >= 0.3 is 0 Å². The molecule has 0 spiro atoms. The van der Waals surface area contributed by atoms with Gasteiger partial charge in [-0.25, -0.2) is 4.98 Å². The predicted octanol–water partition coefficient (Wildman–Crippen LogP) is 5.09. The van der Waals surface area contributed by atoms with Crippen molar-refractivity contribution < 1.29 is 9.90 Å². The van der Waals surface area contributed by atoms with Gasteiger partial charge in [-0.3, -0.25) is 4.79 Å². The van der Waals surface area contributed by atoms with Gasteiger partial charge in [-0.1, -0.05) is 37.1 Å². The lowest BCUT2D eigenvalue weighted by Crippen LogP contribution is -2.38. The number of fused-ring (bicyclic) bond motifs is 1. The summed E-state index contributed by atoms with van der Waals surface area (Å²) in [4.78, 5) is 19.7. The van der Waals surface area contributed by atoms with E-state index in [0.717, 1.165) is 42.1 Å². The van der Waals surface area contributed by atoms with E-state index in [1.54, 1.807) is 11.3 Å². The van der Waals surface area contributed by atoms with Crippen LogP contribution in [0.25, 0.3) is 16.5 Å². The quantitative estimate of drug-likeness (QED) is 0.692. The minimum atomic E-state index is -0.263. The summed E-state index contributed by atoms with van der Waals surface area (Å²) in [5.74, 6) is -0.413. The number of aliphatic hydroxyl groups is 1. The molecule has 1 aliphatic heterocycles. The van der Waals surface area contributed by atoms with E-state index in [0.29, 0.717) is 11.3 Å². The van der Waals surface area contributed by atoms with E-state index in [9.17, 15) is 9.90 Å². The summed E-state index contributed by atoms with van der Waals surface area (Å²) in [6.45, 7) is 0. The number of benzene rings is 1. The number of amides is 1. The van der Waals surface area contributed by atoms with E-state index >= 15 is 0 Å². The van der Waals surface area contributed by atoms with Crippen molar-refractivity contribution in [2.24, 2.45) is 0 Å². The summed E-state index contributed by atoms with van der Waals surface area (Å²) in [6, 6.07) is 13.8. The van der Waals surface area contributed by atoms with Crippen LogP contribution in [0.4, 0.5) is 0 Å². The third kappa shape index (κ3) is 2.65. The lowest BCUT2D eigenvalue weighted by molar-refractivity contribution is -0.131. The fourth-order valence-electron chi connectivity index (χ4n) is 4.42. The number of hydrogen-bond donors (Lipinski definition) is 1. The number of carbonyl (C=O) groups excluding carboxylic acids is 1. The van der Waals surface area contributed by atoms with Crippen molar-refractivity contribution in [3.8, 4) is 0 Å². The van der Waals surface area contributed by atoms with Crippen molar-refractivity contribution >= 4 is 33.7 Å². The second kappa shape index (κ2) is 6.50. The SMILES string of the molecule is O=C1C(O)=C(c2ccc3ccccc3n2)[C@@H](c2ccsc2)N1C1CCCC1. The minimum absolute atomic E-state index is 0.152. The van der Waals surface area contributed by atoms with Gasteiger partial charge in [0.15, 0.2) is 5.76 Å². The van der Waals surface area contributed by atoms with Crippen LogP contribution in [0.1, 0.15) is 43.0 Å². The zero-order valence-corrected chi connectivity index (χ0v) is 15.7. The maximum atomic E-state index is 13.0. The number of hydrogen-bond acceptors (Lipinski definition) is 4. The number of carbonyl (C=O) groups is 1. The Morgan fingerprint density at radius 3 is 2.67 bits per heavy atom. The molecule has 3 aromatic rings. The van der Waals surface area contributed by atoms with E-state index in [1.165, 1.54) is 0 Å². The molecule has 4 nitrogen and oxygen atoms in total. The zero-order chi connectivity index (χ0) is 18.4. The van der Waals surface area contributed by atoms with Crippen molar-refractivity contribution in [1.29, 1.82) is 0 Å². The number of para-hydroxylation sites is 1. The van der Waals surface area contributed by atoms with Gasteiger partial charge in [0.2, 0.25) is 0 Å². The van der Waals surface area contributed by atoms with Gasteiger partial charge in [-0.2, -0.15) is 11.3 Å². The lowest BCUT2D eigenvalue weighted by Gasteiger charge is -2.31. The standard InChI is InChI=1S/C22H20N2O2S/c25-21-19(18-10-9-14-5-1-4-8-17(14)23-18)20(15-11-12-27-13-15)24(22(21)26)16-6-2-3-7-16/h1,4-5,8-13,16,20,25H,2-3,6-7H2/t20-/m1/s1. The largest absolute Gasteiger partial charge is 0.503 e. The Morgan fingerprint density at radius 1 is 1.07 bits per heavy atom. The lowest BCUT2D eigenvalue weighted by atomic mass is 9.97. The molecule has 136 valence electrons. The fraction of sp³-hybridized carbons (Fsp3) is 0.273. The van der Waals surface area contributed by atoms with Gasteiger partial charge in [-0.15, -0.1) is 0 Å². The van der Waals surface area contributed by atoms with E-state index in [-0.39, 0.29) is 23.8 Å². The normalized spacial score (nSPS) is 21.0. The summed E-state index contributed by atoms with van der Waals surface area (Å²) in [5.41, 5.74) is 3.23. The third-order valence-electron chi connectivity index (χ3n) is 5.70. The number of rotatable bonds is 3. The predicted molar refractivity (Wildman–Crippen MR) is 107 cm³/mol. The molecule has 0 unspecified atom stereocenters. The third-order valence-corrected chi connectivity index (χ3v) is 6.40. The molecule has 1 atom stereocenters. The van der Waals surface area contributed by atoms with Gasteiger partial charge in [0.25, 0.3) is 5.91 Å². The summed E-state index contributed by atoms with van der Waals surface area (Å²) in [7, 11) is 0. The maximum Gasteiger partial charge on any atom is 0.290 e. The molecule has 1 aliphatic carbocycles. The Kier molecular flexibility index (Phi) is 3.97. The van der Waals surface area contributed by atoms with E-state index < -0.39 is 0 Å². The van der Waals surface area contributed by atoms with Gasteiger partial charge in [0, 0.05) is 11.4 Å². The van der Waals surface area contributed by atoms with Crippen LogP contribution in [-0.2, 0) is 4.79 Å². The maximum absolute atomic E-state index is 13.0. The highest BCUT2D eigenvalue weighted by Crippen LogP contribution is 2.46. The fourth-order valence-corrected chi connectivity index (χ4v) is 5.10. The van der Waals surface area contributed by atoms with Gasteiger partial charge in [0.05, 0.1) is 22.8 Å². The van der Waals surface area contributed by atoms with Crippen LogP contribution >= 0.6 is 11.3 Å². The molecule has 27 heavy (non-hydrogen) atoms. The molecule has 0 radical (unpaired) electrons. The molecule has 5 rings (SSSR count). The molecule has 1 fully saturated rings. The first-order valence-corrected chi connectivity index (χ1v) is 10.3. The van der Waals surface area contributed by atoms with Crippen molar-refractivity contribution in [1.82, 2.24) is 9.88 Å². The molecule has 1 amide bonds. The number of nitrogens with zero attached hydrogens (tertiary/aromatic N) is 2. The van der Waals surface area contributed by atoms with E-state index in [2.05, 4.69) is 5.38 Å². The second-order valence-corrected chi connectivity index (χ2v) is 8.04. The van der Waals surface area contributed by atoms with E-state index in [4.69, 9.17) is 4.98 Å². The van der Waals surface area contributed by atoms with Gasteiger partial charge < -0.3 is 10.0 Å². The highest BCUT2D eigenvalue weighted by molar-refractivity contribution is 7.08. The summed E-state index contributed by atoms with van der Waals surface area (Å²) < 4.78 is 0. The van der Waals surface area contributed by atoms with Crippen LogP contribution in [0.5, 0.6) is 0 Å². The van der Waals surface area contributed by atoms with Crippen molar-refractivity contribution in [2.75, 3.05) is 0 Å². The average Bonchev–Trinajstić information content (AvgIpc) is 3.44. The number of pyridine rings is 1. The molecular formula is C22H20N2O2S. The molecule has 2 aliphatic rings. The van der Waals surface area contributed by atoms with Crippen molar-refractivity contribution in [3.63, 3.8) is 0 Å². The van der Waals surface area contributed by atoms with Crippen LogP contribution in [0, 0.1) is 0 Å². The highest BCUT2D eigenvalue weighted by Gasteiger charge is 2.45. The van der Waals surface area contributed by atoms with Crippen molar-refractivity contribution in [2.45, 2.75) is 37.8 Å². The molecule has 1 N–H and O–H groups in total. The second-order valence-electron chi connectivity index (χ2n) is 7.26. The Hall–Kier alpha value is -2.66.